The number of imidazole rings is 1. The van der Waals surface area contributed by atoms with Gasteiger partial charge in [-0.25, -0.2) is 4.98 Å². The molecule has 4 aromatic rings. The molecule has 0 aliphatic carbocycles. The largest absolute Gasteiger partial charge is 0.345 e. The molecule has 1 aliphatic rings. The molecule has 6 heteroatoms. The van der Waals surface area contributed by atoms with Crippen molar-refractivity contribution in [2.75, 3.05) is 4.90 Å². The van der Waals surface area contributed by atoms with Crippen LogP contribution in [0.2, 0.25) is 0 Å². The van der Waals surface area contributed by atoms with E-state index in [1.54, 1.807) is 22.6 Å². The van der Waals surface area contributed by atoms with E-state index in [4.69, 9.17) is 0 Å². The number of aromatic nitrogens is 2. The maximum Gasteiger partial charge on any atom is 0.295 e. The van der Waals surface area contributed by atoms with Gasteiger partial charge in [-0.3, -0.25) is 14.5 Å². The van der Waals surface area contributed by atoms with Gasteiger partial charge in [0, 0.05) is 10.4 Å². The molecule has 2 atom stereocenters. The Labute approximate surface area is 166 Å². The molecule has 0 radical (unpaired) electrons. The minimum absolute atomic E-state index is 0.0565. The fraction of sp³-hybridized carbons (Fsp3) is 0.227. The van der Waals surface area contributed by atoms with E-state index in [1.807, 2.05) is 44.2 Å². The SMILES string of the molecule is CC(C)C1C(=O)C(=O)N(c2ccc3nc[nH]c3c2)C1c1csc2ccccc12. The average molecular weight is 389 g/mol. The third-order valence-corrected chi connectivity index (χ3v) is 6.56. The zero-order valence-electron chi connectivity index (χ0n) is 15.5. The highest BCUT2D eigenvalue weighted by molar-refractivity contribution is 7.17. The first-order valence-corrected chi connectivity index (χ1v) is 10.2. The lowest BCUT2D eigenvalue weighted by Gasteiger charge is -2.29. The number of rotatable bonds is 3. The Morgan fingerprint density at radius 2 is 1.96 bits per heavy atom. The summed E-state index contributed by atoms with van der Waals surface area (Å²) < 4.78 is 1.16. The molecule has 140 valence electrons. The summed E-state index contributed by atoms with van der Waals surface area (Å²) in [7, 11) is 0. The number of benzene rings is 2. The van der Waals surface area contributed by atoms with Gasteiger partial charge in [-0.05, 0) is 46.5 Å². The molecule has 5 rings (SSSR count). The van der Waals surface area contributed by atoms with E-state index in [0.29, 0.717) is 0 Å². The van der Waals surface area contributed by atoms with Gasteiger partial charge in [0.05, 0.1) is 29.3 Å². The van der Waals surface area contributed by atoms with E-state index in [2.05, 4.69) is 27.5 Å². The lowest BCUT2D eigenvalue weighted by Crippen LogP contribution is -2.29. The number of fused-ring (bicyclic) bond motifs is 2. The Balaban J connectivity index is 1.73. The van der Waals surface area contributed by atoms with E-state index in [1.165, 1.54) is 0 Å². The predicted octanol–water partition coefficient (Wildman–Crippen LogP) is 4.71. The number of ketones is 1. The second kappa shape index (κ2) is 6.27. The van der Waals surface area contributed by atoms with Crippen molar-refractivity contribution >= 4 is 49.8 Å². The smallest absolute Gasteiger partial charge is 0.295 e. The topological polar surface area (TPSA) is 66.1 Å². The Morgan fingerprint density at radius 3 is 2.79 bits per heavy atom. The highest BCUT2D eigenvalue weighted by atomic mass is 32.1. The molecule has 5 nitrogen and oxygen atoms in total. The van der Waals surface area contributed by atoms with Gasteiger partial charge in [0.25, 0.3) is 5.91 Å². The van der Waals surface area contributed by atoms with Crippen LogP contribution in [-0.4, -0.2) is 21.7 Å². The number of Topliss-reactive ketones (excluding diaryl/α,β-unsaturated/α-hetero) is 1. The quantitative estimate of drug-likeness (QED) is 0.516. The minimum atomic E-state index is -0.433. The van der Waals surface area contributed by atoms with Gasteiger partial charge in [-0.2, -0.15) is 0 Å². The van der Waals surface area contributed by atoms with Crippen molar-refractivity contribution < 1.29 is 9.59 Å². The highest BCUT2D eigenvalue weighted by Gasteiger charge is 2.50. The molecule has 2 aromatic carbocycles. The van der Waals surface area contributed by atoms with Gasteiger partial charge in [0.2, 0.25) is 5.78 Å². The molecule has 2 unspecified atom stereocenters. The number of H-pyrrole nitrogens is 1. The average Bonchev–Trinajstić information content (AvgIpc) is 3.38. The van der Waals surface area contributed by atoms with E-state index in [0.717, 1.165) is 32.4 Å². The van der Waals surface area contributed by atoms with Gasteiger partial charge in [-0.1, -0.05) is 32.0 Å². The van der Waals surface area contributed by atoms with Crippen molar-refractivity contribution in [2.24, 2.45) is 11.8 Å². The Hall–Kier alpha value is -2.99. The number of hydrogen-bond acceptors (Lipinski definition) is 4. The van der Waals surface area contributed by atoms with Crippen LogP contribution in [0, 0.1) is 11.8 Å². The van der Waals surface area contributed by atoms with Crippen LogP contribution in [0.5, 0.6) is 0 Å². The first-order chi connectivity index (χ1) is 13.6. The van der Waals surface area contributed by atoms with Crippen LogP contribution in [0.25, 0.3) is 21.1 Å². The minimum Gasteiger partial charge on any atom is -0.345 e. The molecular formula is C22H19N3O2S. The molecule has 1 amide bonds. The molecular weight excluding hydrogens is 370 g/mol. The van der Waals surface area contributed by atoms with Crippen molar-refractivity contribution in [1.82, 2.24) is 9.97 Å². The Morgan fingerprint density at radius 1 is 1.14 bits per heavy atom. The highest BCUT2D eigenvalue weighted by Crippen LogP contribution is 2.46. The number of thiophene rings is 1. The van der Waals surface area contributed by atoms with Gasteiger partial charge in [0.1, 0.15) is 0 Å². The van der Waals surface area contributed by atoms with E-state index in [-0.39, 0.29) is 23.7 Å². The molecule has 3 heterocycles. The maximum absolute atomic E-state index is 13.1. The van der Waals surface area contributed by atoms with Crippen LogP contribution in [0.4, 0.5) is 5.69 Å². The molecule has 28 heavy (non-hydrogen) atoms. The van der Waals surface area contributed by atoms with E-state index >= 15 is 0 Å². The number of nitrogens with zero attached hydrogens (tertiary/aromatic N) is 2. The van der Waals surface area contributed by atoms with Gasteiger partial charge < -0.3 is 4.98 Å². The number of amides is 1. The lowest BCUT2D eigenvalue weighted by molar-refractivity contribution is -0.136. The molecule has 0 bridgehead atoms. The summed E-state index contributed by atoms with van der Waals surface area (Å²) in [5, 5.41) is 3.21. The zero-order chi connectivity index (χ0) is 19.4. The molecule has 1 saturated heterocycles. The van der Waals surface area contributed by atoms with Gasteiger partial charge >= 0.3 is 0 Å². The van der Waals surface area contributed by atoms with Crippen LogP contribution >= 0.6 is 11.3 Å². The van der Waals surface area contributed by atoms with Gasteiger partial charge in [-0.15, -0.1) is 11.3 Å². The van der Waals surface area contributed by atoms with Crippen molar-refractivity contribution in [3.8, 4) is 0 Å². The number of nitrogens with one attached hydrogen (secondary N) is 1. The second-order valence-corrected chi connectivity index (χ2v) is 8.46. The maximum atomic E-state index is 13.1. The predicted molar refractivity (Wildman–Crippen MR) is 111 cm³/mol. The molecule has 2 aromatic heterocycles. The number of anilines is 1. The number of carbonyl (C=O) groups is 2. The number of carbonyl (C=O) groups excluding carboxylic acids is 2. The summed E-state index contributed by atoms with van der Waals surface area (Å²) in [6, 6.07) is 13.5. The van der Waals surface area contributed by atoms with E-state index in [9.17, 15) is 9.59 Å². The summed E-state index contributed by atoms with van der Waals surface area (Å²) in [5.74, 6) is -1.05. The molecule has 1 fully saturated rings. The van der Waals surface area contributed by atoms with Crippen LogP contribution in [-0.2, 0) is 9.59 Å². The summed E-state index contributed by atoms with van der Waals surface area (Å²) >= 11 is 1.65. The van der Waals surface area contributed by atoms with Crippen LogP contribution < -0.4 is 4.90 Å². The summed E-state index contributed by atoms with van der Waals surface area (Å²) in [4.78, 5) is 35.1. The first-order valence-electron chi connectivity index (χ1n) is 9.33. The number of aromatic amines is 1. The molecule has 0 spiro atoms. The normalized spacial score (nSPS) is 20.2. The van der Waals surface area contributed by atoms with Crippen LogP contribution in [0.3, 0.4) is 0 Å². The first kappa shape index (κ1) is 17.1. The van der Waals surface area contributed by atoms with Gasteiger partial charge in [0.15, 0.2) is 0 Å². The number of hydrogen-bond donors (Lipinski definition) is 1. The van der Waals surface area contributed by atoms with Crippen molar-refractivity contribution in [2.45, 2.75) is 19.9 Å². The van der Waals surface area contributed by atoms with Crippen molar-refractivity contribution in [3.63, 3.8) is 0 Å². The zero-order valence-corrected chi connectivity index (χ0v) is 16.4. The molecule has 1 aliphatic heterocycles. The summed E-state index contributed by atoms with van der Waals surface area (Å²) in [6.45, 7) is 4.03. The second-order valence-electron chi connectivity index (χ2n) is 7.55. The van der Waals surface area contributed by atoms with Crippen LogP contribution in [0.1, 0.15) is 25.5 Å². The fourth-order valence-corrected chi connectivity index (χ4v) is 5.26. The fourth-order valence-electron chi connectivity index (χ4n) is 4.27. The Kier molecular flexibility index (Phi) is 3.84. The van der Waals surface area contributed by atoms with E-state index < -0.39 is 5.91 Å². The van der Waals surface area contributed by atoms with Crippen molar-refractivity contribution in [1.29, 1.82) is 0 Å². The molecule has 1 N–H and O–H groups in total. The summed E-state index contributed by atoms with van der Waals surface area (Å²) in [6.07, 6.45) is 1.63. The Bertz CT molecular complexity index is 1220. The van der Waals surface area contributed by atoms with Crippen molar-refractivity contribution in [3.05, 3.63) is 59.7 Å². The third kappa shape index (κ3) is 2.41. The van der Waals surface area contributed by atoms with Crippen LogP contribution in [0.15, 0.2) is 54.2 Å². The molecule has 0 saturated carbocycles. The third-order valence-electron chi connectivity index (χ3n) is 5.58. The monoisotopic (exact) mass is 389 g/mol. The lowest BCUT2D eigenvalue weighted by atomic mass is 9.84. The standard InChI is InChI=1S/C22H19N3O2S/c1-12(2)19-20(15-10-28-18-6-4-3-5-14(15)18)25(22(27)21(19)26)13-7-8-16-17(9-13)24-11-23-16/h3-12,19-20H,1-2H3,(H,23,24). The summed E-state index contributed by atoms with van der Waals surface area (Å²) in [5.41, 5.74) is 3.45.